The quantitative estimate of drug-likeness (QED) is 0.226. The summed E-state index contributed by atoms with van der Waals surface area (Å²) < 4.78 is 30.1. The molecule has 0 radical (unpaired) electrons. The third kappa shape index (κ3) is 6.74. The second-order valence-electron chi connectivity index (χ2n) is 9.63. The fourth-order valence-corrected chi connectivity index (χ4v) is 5.97. The van der Waals surface area contributed by atoms with E-state index in [0.717, 1.165) is 0 Å². The van der Waals surface area contributed by atoms with E-state index >= 15 is 0 Å². The minimum Gasteiger partial charge on any atom is -0.493 e. The molecule has 1 aliphatic heterocycles. The fraction of sp³-hybridized carbons (Fsp3) is 0.344. The number of halogens is 1. The Kier molecular flexibility index (Phi) is 10.2. The minimum absolute atomic E-state index is 0.0231. The topological polar surface area (TPSA) is 97.6 Å². The van der Waals surface area contributed by atoms with E-state index in [1.807, 2.05) is 26.8 Å². The summed E-state index contributed by atoms with van der Waals surface area (Å²) in [6.45, 7) is 9.68. The van der Waals surface area contributed by atoms with Gasteiger partial charge in [-0.2, -0.15) is 0 Å². The SMILES string of the molecule is C#CCOc1c(Cl)cc(/C=c2\sc3n(c2=O)[C@H](c2ccc(OC(C)C)c(OC)c2)C(C(=O)OCC)=C(C)N=3)cc1OCC. The summed E-state index contributed by atoms with van der Waals surface area (Å²) in [4.78, 5) is 32.4. The van der Waals surface area contributed by atoms with Crippen LogP contribution >= 0.6 is 22.9 Å². The van der Waals surface area contributed by atoms with Gasteiger partial charge in [-0.25, -0.2) is 9.79 Å². The number of carbonyl (C=O) groups excluding carboxylic acids is 1. The highest BCUT2D eigenvalue weighted by Gasteiger charge is 2.34. The Morgan fingerprint density at radius 3 is 2.58 bits per heavy atom. The summed E-state index contributed by atoms with van der Waals surface area (Å²) in [5, 5.41) is 0.286. The van der Waals surface area contributed by atoms with Crippen LogP contribution in [0.1, 0.15) is 51.8 Å². The van der Waals surface area contributed by atoms with Crippen molar-refractivity contribution < 1.29 is 28.5 Å². The second kappa shape index (κ2) is 13.8. The second-order valence-corrected chi connectivity index (χ2v) is 11.1. The third-order valence-electron chi connectivity index (χ3n) is 6.31. The third-order valence-corrected chi connectivity index (χ3v) is 7.58. The number of aromatic nitrogens is 1. The van der Waals surface area contributed by atoms with Crippen molar-refractivity contribution in [3.8, 4) is 35.3 Å². The molecule has 11 heteroatoms. The van der Waals surface area contributed by atoms with E-state index in [-0.39, 0.29) is 35.5 Å². The summed E-state index contributed by atoms with van der Waals surface area (Å²) in [6.07, 6.45) is 6.96. The molecule has 3 aromatic rings. The summed E-state index contributed by atoms with van der Waals surface area (Å²) in [7, 11) is 1.54. The number of esters is 1. The van der Waals surface area contributed by atoms with Gasteiger partial charge in [0.05, 0.1) is 53.3 Å². The van der Waals surface area contributed by atoms with Crippen molar-refractivity contribution in [3.05, 3.63) is 77.4 Å². The zero-order valence-corrected chi connectivity index (χ0v) is 26.4. The number of fused-ring (bicyclic) bond motifs is 1. The highest BCUT2D eigenvalue weighted by molar-refractivity contribution is 7.07. The molecule has 0 spiro atoms. The zero-order chi connectivity index (χ0) is 31.3. The van der Waals surface area contributed by atoms with Crippen LogP contribution in [0.4, 0.5) is 0 Å². The molecule has 0 saturated carbocycles. The largest absolute Gasteiger partial charge is 0.493 e. The van der Waals surface area contributed by atoms with Crippen molar-refractivity contribution in [2.24, 2.45) is 4.99 Å². The highest BCUT2D eigenvalue weighted by Crippen LogP contribution is 2.38. The summed E-state index contributed by atoms with van der Waals surface area (Å²) in [6, 6.07) is 7.91. The van der Waals surface area contributed by atoms with Gasteiger partial charge >= 0.3 is 5.97 Å². The maximum atomic E-state index is 14.0. The number of hydrogen-bond donors (Lipinski definition) is 0. The van der Waals surface area contributed by atoms with Gasteiger partial charge in [0.1, 0.15) is 6.61 Å². The van der Waals surface area contributed by atoms with Crippen molar-refractivity contribution in [3.63, 3.8) is 0 Å². The van der Waals surface area contributed by atoms with E-state index in [0.29, 0.717) is 55.8 Å². The van der Waals surface area contributed by atoms with Crippen LogP contribution in [0.2, 0.25) is 5.02 Å². The first-order valence-electron chi connectivity index (χ1n) is 13.7. The molecule has 1 aromatic heterocycles. The van der Waals surface area contributed by atoms with Crippen LogP contribution < -0.4 is 33.8 Å². The number of thiazole rings is 1. The van der Waals surface area contributed by atoms with Crippen LogP contribution in [0.25, 0.3) is 6.08 Å². The maximum absolute atomic E-state index is 14.0. The molecule has 0 aliphatic carbocycles. The lowest BCUT2D eigenvalue weighted by Crippen LogP contribution is -2.40. The first kappa shape index (κ1) is 31.7. The molecule has 0 bridgehead atoms. The van der Waals surface area contributed by atoms with Gasteiger partial charge in [-0.1, -0.05) is 34.9 Å². The van der Waals surface area contributed by atoms with Crippen LogP contribution in [-0.4, -0.2) is 43.6 Å². The average Bonchev–Trinajstić information content (AvgIpc) is 3.26. The van der Waals surface area contributed by atoms with Crippen molar-refractivity contribution in [2.45, 2.75) is 46.8 Å². The Bertz CT molecular complexity index is 1780. The molecular weight excluding hydrogens is 592 g/mol. The summed E-state index contributed by atoms with van der Waals surface area (Å²) in [5.41, 5.74) is 1.62. The molecule has 0 fully saturated rings. The lowest BCUT2D eigenvalue weighted by atomic mass is 9.95. The molecule has 2 aromatic carbocycles. The van der Waals surface area contributed by atoms with E-state index in [4.69, 9.17) is 41.7 Å². The van der Waals surface area contributed by atoms with Crippen LogP contribution in [0.15, 0.2) is 51.4 Å². The Morgan fingerprint density at radius 2 is 1.93 bits per heavy atom. The van der Waals surface area contributed by atoms with Crippen molar-refractivity contribution in [1.29, 1.82) is 0 Å². The number of hydrogen-bond acceptors (Lipinski definition) is 9. The monoisotopic (exact) mass is 624 g/mol. The lowest BCUT2D eigenvalue weighted by molar-refractivity contribution is -0.139. The van der Waals surface area contributed by atoms with E-state index in [9.17, 15) is 9.59 Å². The summed E-state index contributed by atoms with van der Waals surface area (Å²) >= 11 is 7.71. The van der Waals surface area contributed by atoms with Gasteiger partial charge in [0, 0.05) is 0 Å². The summed E-state index contributed by atoms with van der Waals surface area (Å²) in [5.74, 6) is 3.60. The van der Waals surface area contributed by atoms with E-state index < -0.39 is 12.0 Å². The van der Waals surface area contributed by atoms with E-state index in [1.165, 1.54) is 23.0 Å². The molecule has 0 amide bonds. The number of allylic oxidation sites excluding steroid dienone is 1. The minimum atomic E-state index is -0.818. The number of benzene rings is 2. The molecule has 0 saturated heterocycles. The van der Waals surface area contributed by atoms with Crippen LogP contribution in [0.3, 0.4) is 0 Å². The number of nitrogens with zero attached hydrogens (tertiary/aromatic N) is 2. The van der Waals surface area contributed by atoms with E-state index in [2.05, 4.69) is 10.9 Å². The van der Waals surface area contributed by atoms with Gasteiger partial charge in [-0.05, 0) is 76.1 Å². The molecule has 1 atom stereocenters. The molecule has 4 rings (SSSR count). The lowest BCUT2D eigenvalue weighted by Gasteiger charge is -2.25. The molecule has 9 nitrogen and oxygen atoms in total. The van der Waals surface area contributed by atoms with Gasteiger partial charge in [-0.15, -0.1) is 6.42 Å². The molecule has 0 unspecified atom stereocenters. The average molecular weight is 625 g/mol. The van der Waals surface area contributed by atoms with Gasteiger partial charge in [-0.3, -0.25) is 9.36 Å². The molecule has 2 heterocycles. The zero-order valence-electron chi connectivity index (χ0n) is 24.9. The number of rotatable bonds is 11. The number of ether oxygens (including phenoxy) is 5. The van der Waals surface area contributed by atoms with E-state index in [1.54, 1.807) is 44.2 Å². The van der Waals surface area contributed by atoms with Gasteiger partial charge in [0.2, 0.25) is 0 Å². The van der Waals surface area contributed by atoms with Gasteiger partial charge in [0.25, 0.3) is 5.56 Å². The standard InChI is InChI=1S/C32H33ClN2O7S/c1-8-13-41-29-22(33)14-20(15-25(29)39-9-2)16-26-30(36)35-28(21-11-12-23(42-18(4)5)24(17-21)38-7)27(31(37)40-10-3)19(6)34-32(35)43-26/h1,11-12,14-18,28H,9-10,13H2,2-7H3/b26-16-/t28-/m1/s1. The van der Waals surface area contributed by atoms with Gasteiger partial charge in [0.15, 0.2) is 27.8 Å². The normalized spacial score (nSPS) is 14.6. The van der Waals surface area contributed by atoms with Crippen molar-refractivity contribution >= 4 is 35.0 Å². The van der Waals surface area contributed by atoms with Crippen LogP contribution in [0, 0.1) is 12.3 Å². The number of methoxy groups -OCH3 is 1. The van der Waals surface area contributed by atoms with Crippen molar-refractivity contribution in [1.82, 2.24) is 4.57 Å². The Hall–Kier alpha value is -4.20. The van der Waals surface area contributed by atoms with Gasteiger partial charge < -0.3 is 23.7 Å². The maximum Gasteiger partial charge on any atom is 0.338 e. The van der Waals surface area contributed by atoms with Crippen molar-refractivity contribution in [2.75, 3.05) is 26.9 Å². The predicted molar refractivity (Wildman–Crippen MR) is 166 cm³/mol. The Balaban J connectivity index is 1.92. The molecule has 43 heavy (non-hydrogen) atoms. The Morgan fingerprint density at radius 1 is 1.16 bits per heavy atom. The molecule has 1 aliphatic rings. The number of carbonyl (C=O) groups is 1. The molecular formula is C32H33ClN2O7S. The number of terminal acetylenes is 1. The molecule has 0 N–H and O–H groups in total. The highest BCUT2D eigenvalue weighted by atomic mass is 35.5. The predicted octanol–water partition coefficient (Wildman–Crippen LogP) is 4.66. The fourth-order valence-electron chi connectivity index (χ4n) is 4.65. The van der Waals surface area contributed by atoms with Crippen LogP contribution in [0.5, 0.6) is 23.0 Å². The molecule has 226 valence electrons. The first-order chi connectivity index (χ1) is 20.6. The smallest absolute Gasteiger partial charge is 0.338 e. The first-order valence-corrected chi connectivity index (χ1v) is 14.9. The van der Waals surface area contributed by atoms with Crippen LogP contribution in [-0.2, 0) is 9.53 Å². The Labute approximate surface area is 259 Å².